The van der Waals surface area contributed by atoms with Crippen LogP contribution in [0.4, 0.5) is 0 Å². The highest BCUT2D eigenvalue weighted by molar-refractivity contribution is 6.14. The largest absolute Gasteiger partial charge is 0.309 e. The van der Waals surface area contributed by atoms with E-state index in [0.29, 0.717) is 56.4 Å². The fourth-order valence-electron chi connectivity index (χ4n) is 12.3. The minimum absolute atomic E-state index is 0.432. The Bertz CT molecular complexity index is 5330. The summed E-state index contributed by atoms with van der Waals surface area (Å²) in [5.74, 6) is 1.45. The van der Waals surface area contributed by atoms with Crippen LogP contribution in [0.15, 0.2) is 267 Å². The maximum absolute atomic E-state index is 11.7. The quantitative estimate of drug-likeness (QED) is 0.130. The Morgan fingerprint density at radius 2 is 0.567 bits per heavy atom. The fraction of sp³-hybridized carbons (Fsp3) is 0. The molecule has 0 saturated carbocycles. The first-order chi connectivity index (χ1) is 44.3. The highest BCUT2D eigenvalue weighted by Crippen LogP contribution is 2.46. The van der Waals surface area contributed by atoms with Gasteiger partial charge in [-0.25, -0.2) is 15.0 Å². The summed E-state index contributed by atoms with van der Waals surface area (Å²) in [5, 5.41) is 54.5. The summed E-state index contributed by atoms with van der Waals surface area (Å²) >= 11 is 0. The van der Waals surface area contributed by atoms with Crippen LogP contribution in [0.3, 0.4) is 0 Å². The molecule has 0 aliphatic rings. The molecule has 10 nitrogen and oxygen atoms in total. The molecule has 414 valence electrons. The smallest absolute Gasteiger partial charge is 0.164 e. The first-order valence-corrected chi connectivity index (χ1v) is 29.1. The van der Waals surface area contributed by atoms with Crippen LogP contribution >= 0.6 is 0 Å². The molecule has 90 heavy (non-hydrogen) atoms. The van der Waals surface area contributed by atoms with E-state index in [4.69, 9.17) is 15.0 Å². The normalized spacial score (nSPS) is 11.1. The Kier molecular flexibility index (Phi) is 13.2. The average Bonchev–Trinajstić information content (AvgIpc) is 1.65. The standard InChI is InChI=1S/C80H44N10/c81-45-50-14-22-54(23-15-50)60-30-35-71-66(40-60)67-41-61(55-24-16-51(46-82)17-25-55)31-36-72(67)89(71)75-39-34-64(80-87-78(58-8-3-1-4-9-58)86-79(88-80)59-10-5-2-6-11-59)44-70(75)77-65(49-85)12-7-13-76(77)90-73-37-32-62(56-26-18-52(47-83)19-27-56)42-68(73)69-43-63(33-38-74(69)90)57-28-20-53(48-84)21-29-57/h1-44H. The molecule has 0 spiro atoms. The molecule has 0 N–H and O–H groups in total. The van der Waals surface area contributed by atoms with Crippen molar-refractivity contribution in [2.45, 2.75) is 0 Å². The van der Waals surface area contributed by atoms with Crippen molar-refractivity contribution < 1.29 is 0 Å². The fourth-order valence-corrected chi connectivity index (χ4v) is 12.3. The molecule has 0 fully saturated rings. The first-order valence-electron chi connectivity index (χ1n) is 29.1. The Hall–Kier alpha value is -13.3. The van der Waals surface area contributed by atoms with Gasteiger partial charge in [0.15, 0.2) is 17.5 Å². The van der Waals surface area contributed by atoms with Gasteiger partial charge in [-0.3, -0.25) is 0 Å². The van der Waals surface area contributed by atoms with Crippen molar-refractivity contribution in [2.24, 2.45) is 0 Å². The lowest BCUT2D eigenvalue weighted by molar-refractivity contribution is 1.07. The maximum Gasteiger partial charge on any atom is 0.164 e. The number of nitriles is 5. The van der Waals surface area contributed by atoms with E-state index in [2.05, 4.69) is 137 Å². The molecular formula is C80H44N10. The van der Waals surface area contributed by atoms with E-state index in [-0.39, 0.29) is 0 Å². The van der Waals surface area contributed by atoms with Crippen molar-refractivity contribution in [2.75, 3.05) is 0 Å². The molecular weight excluding hydrogens is 1100 g/mol. The summed E-state index contributed by atoms with van der Waals surface area (Å²) in [5.41, 5.74) is 19.3. The Balaban J connectivity index is 1.03. The molecule has 0 atom stereocenters. The summed E-state index contributed by atoms with van der Waals surface area (Å²) in [6, 6.07) is 99.9. The zero-order chi connectivity index (χ0) is 60.8. The lowest BCUT2D eigenvalue weighted by Gasteiger charge is -2.21. The van der Waals surface area contributed by atoms with Gasteiger partial charge < -0.3 is 9.13 Å². The van der Waals surface area contributed by atoms with Gasteiger partial charge in [0.2, 0.25) is 0 Å². The number of benzene rings is 12. The number of fused-ring (bicyclic) bond motifs is 6. The molecule has 15 aromatic rings. The van der Waals surface area contributed by atoms with Crippen molar-refractivity contribution in [1.82, 2.24) is 24.1 Å². The van der Waals surface area contributed by atoms with E-state index in [9.17, 15) is 26.3 Å². The van der Waals surface area contributed by atoms with Crippen LogP contribution in [0.25, 0.3) is 145 Å². The Morgan fingerprint density at radius 1 is 0.244 bits per heavy atom. The van der Waals surface area contributed by atoms with Gasteiger partial charge in [-0.2, -0.15) is 26.3 Å². The van der Waals surface area contributed by atoms with Gasteiger partial charge in [0.1, 0.15) is 0 Å². The molecule has 15 rings (SSSR count). The molecule has 0 aliphatic heterocycles. The molecule has 0 amide bonds. The number of nitrogens with zero attached hydrogens (tertiary/aromatic N) is 10. The van der Waals surface area contributed by atoms with Crippen LogP contribution in [0.2, 0.25) is 0 Å². The molecule has 0 aliphatic carbocycles. The van der Waals surface area contributed by atoms with Crippen molar-refractivity contribution in [3.63, 3.8) is 0 Å². The number of aromatic nitrogens is 5. The molecule has 0 radical (unpaired) electrons. The maximum atomic E-state index is 11.7. The van der Waals surface area contributed by atoms with Gasteiger partial charge in [0.05, 0.1) is 91.6 Å². The van der Waals surface area contributed by atoms with Gasteiger partial charge in [0, 0.05) is 49.4 Å². The van der Waals surface area contributed by atoms with Crippen LogP contribution in [0.5, 0.6) is 0 Å². The predicted molar refractivity (Wildman–Crippen MR) is 356 cm³/mol. The van der Waals surface area contributed by atoms with E-state index in [1.807, 2.05) is 170 Å². The van der Waals surface area contributed by atoms with Crippen molar-refractivity contribution in [1.29, 1.82) is 26.3 Å². The molecule has 0 unspecified atom stereocenters. The van der Waals surface area contributed by atoms with E-state index in [1.54, 1.807) is 0 Å². The molecule has 10 heteroatoms. The van der Waals surface area contributed by atoms with Crippen LogP contribution in [-0.4, -0.2) is 24.1 Å². The molecule has 3 heterocycles. The van der Waals surface area contributed by atoms with Gasteiger partial charge in [0.25, 0.3) is 0 Å². The summed E-state index contributed by atoms with van der Waals surface area (Å²) < 4.78 is 4.54. The van der Waals surface area contributed by atoms with Crippen LogP contribution in [0.1, 0.15) is 27.8 Å². The lowest BCUT2D eigenvalue weighted by Crippen LogP contribution is -2.05. The minimum Gasteiger partial charge on any atom is -0.309 e. The van der Waals surface area contributed by atoms with Gasteiger partial charge in [-0.15, -0.1) is 0 Å². The average molecular weight is 1150 g/mol. The summed E-state index contributed by atoms with van der Waals surface area (Å²) in [6.07, 6.45) is 0. The SMILES string of the molecule is N#Cc1ccc(-c2ccc3c(c2)c2cc(-c4ccc(C#N)cc4)ccc2n3-c2ccc(-c3nc(-c4ccccc4)nc(-c4ccccc4)n3)cc2-c2c(C#N)cccc2-n2c3ccc(-c4ccc(C#N)cc4)cc3c3cc(-c4ccc(C#N)cc4)ccc32)cc1. The van der Waals surface area contributed by atoms with Gasteiger partial charge >= 0.3 is 0 Å². The molecule has 12 aromatic carbocycles. The monoisotopic (exact) mass is 1140 g/mol. The number of hydrogen-bond donors (Lipinski definition) is 0. The Morgan fingerprint density at radius 3 is 0.911 bits per heavy atom. The minimum atomic E-state index is 0.432. The van der Waals surface area contributed by atoms with E-state index in [1.165, 1.54) is 0 Å². The zero-order valence-electron chi connectivity index (χ0n) is 47.9. The summed E-state index contributed by atoms with van der Waals surface area (Å²) in [4.78, 5) is 15.5. The van der Waals surface area contributed by atoms with Gasteiger partial charge in [-0.05, 0) is 172 Å². The predicted octanol–water partition coefficient (Wildman–Crippen LogP) is 18.8. The third kappa shape index (κ3) is 9.41. The second kappa shape index (κ2) is 22.3. The van der Waals surface area contributed by atoms with Gasteiger partial charge in [-0.1, -0.05) is 140 Å². The summed E-state index contributed by atoms with van der Waals surface area (Å²) in [6.45, 7) is 0. The second-order valence-electron chi connectivity index (χ2n) is 21.9. The molecule has 0 saturated heterocycles. The van der Waals surface area contributed by atoms with E-state index >= 15 is 0 Å². The zero-order valence-corrected chi connectivity index (χ0v) is 47.9. The number of rotatable bonds is 10. The van der Waals surface area contributed by atoms with Crippen molar-refractivity contribution in [3.8, 4) is 132 Å². The molecule has 3 aromatic heterocycles. The Labute approximate surface area is 517 Å². The third-order valence-corrected chi connectivity index (χ3v) is 16.8. The van der Waals surface area contributed by atoms with Crippen molar-refractivity contribution in [3.05, 3.63) is 295 Å². The van der Waals surface area contributed by atoms with Crippen LogP contribution in [-0.2, 0) is 0 Å². The highest BCUT2D eigenvalue weighted by Gasteiger charge is 2.26. The van der Waals surface area contributed by atoms with Crippen molar-refractivity contribution >= 4 is 43.6 Å². The van der Waals surface area contributed by atoms with Crippen LogP contribution in [0, 0.1) is 56.7 Å². The highest BCUT2D eigenvalue weighted by atomic mass is 15.0. The van der Waals surface area contributed by atoms with Crippen LogP contribution < -0.4 is 0 Å². The topological polar surface area (TPSA) is 167 Å². The lowest BCUT2D eigenvalue weighted by atomic mass is 9.94. The number of hydrogen-bond acceptors (Lipinski definition) is 8. The third-order valence-electron chi connectivity index (χ3n) is 16.8. The van der Waals surface area contributed by atoms with E-state index < -0.39 is 0 Å². The molecule has 0 bridgehead atoms. The first kappa shape index (κ1) is 53.4. The van der Waals surface area contributed by atoms with E-state index in [0.717, 1.165) is 116 Å². The summed E-state index contributed by atoms with van der Waals surface area (Å²) in [7, 11) is 0. The second-order valence-corrected chi connectivity index (χ2v) is 21.9.